The minimum Gasteiger partial charge on any atom is -0.493 e. The Hall–Kier alpha value is -3.80. The monoisotopic (exact) mass is 404 g/mol. The Bertz CT molecular complexity index is 1000. The molecule has 1 heterocycles. The summed E-state index contributed by atoms with van der Waals surface area (Å²) in [6.07, 6.45) is 4.87. The molecule has 0 aliphatic carbocycles. The molecule has 0 saturated carbocycles. The minimum atomic E-state index is -0.201. The third kappa shape index (κ3) is 6.10. The molecule has 0 spiro atoms. The molecule has 3 rings (SSSR count). The fourth-order valence-corrected chi connectivity index (χ4v) is 2.75. The highest BCUT2D eigenvalue weighted by molar-refractivity contribution is 5.91. The first kappa shape index (κ1) is 20.9. The first-order valence-electron chi connectivity index (χ1n) is 9.47. The Kier molecular flexibility index (Phi) is 7.44. The second-order valence-corrected chi connectivity index (χ2v) is 6.44. The van der Waals surface area contributed by atoms with E-state index in [0.717, 1.165) is 16.7 Å². The van der Waals surface area contributed by atoms with Gasteiger partial charge in [-0.1, -0.05) is 36.4 Å². The summed E-state index contributed by atoms with van der Waals surface area (Å²) in [7, 11) is 3.16. The lowest BCUT2D eigenvalue weighted by Crippen LogP contribution is -2.20. The predicted molar refractivity (Wildman–Crippen MR) is 115 cm³/mol. The molecule has 2 aromatic carbocycles. The smallest absolute Gasteiger partial charge is 0.244 e. The molecule has 0 fully saturated rings. The van der Waals surface area contributed by atoms with Gasteiger partial charge >= 0.3 is 0 Å². The zero-order chi connectivity index (χ0) is 21.2. The quantitative estimate of drug-likeness (QED) is 0.546. The molecule has 1 N–H and O–H groups in total. The van der Waals surface area contributed by atoms with E-state index in [4.69, 9.17) is 14.2 Å². The van der Waals surface area contributed by atoms with Crippen molar-refractivity contribution < 1.29 is 19.0 Å². The zero-order valence-corrected chi connectivity index (χ0v) is 17.0. The van der Waals surface area contributed by atoms with Gasteiger partial charge in [0.1, 0.15) is 6.61 Å². The number of ether oxygens (including phenoxy) is 3. The van der Waals surface area contributed by atoms with Gasteiger partial charge in [0.15, 0.2) is 11.5 Å². The molecule has 3 aromatic rings. The van der Waals surface area contributed by atoms with Crippen LogP contribution in [-0.2, 0) is 17.9 Å². The second-order valence-electron chi connectivity index (χ2n) is 6.44. The van der Waals surface area contributed by atoms with E-state index in [1.165, 1.54) is 6.08 Å². The van der Waals surface area contributed by atoms with E-state index in [1.807, 2.05) is 54.6 Å². The predicted octanol–water partition coefficient (Wildman–Crippen LogP) is 4.01. The van der Waals surface area contributed by atoms with E-state index in [9.17, 15) is 4.79 Å². The highest BCUT2D eigenvalue weighted by atomic mass is 16.5. The van der Waals surface area contributed by atoms with Gasteiger partial charge in [0.25, 0.3) is 0 Å². The van der Waals surface area contributed by atoms with Crippen LogP contribution in [0, 0.1) is 0 Å². The van der Waals surface area contributed by atoms with Crippen molar-refractivity contribution in [3.05, 3.63) is 89.6 Å². The van der Waals surface area contributed by atoms with E-state index in [0.29, 0.717) is 30.5 Å². The van der Waals surface area contributed by atoms with Crippen molar-refractivity contribution in [1.82, 2.24) is 10.3 Å². The SMILES string of the molecule is COc1ccc(/C=C/C(=O)NCc2ccnc(OCc3ccccc3)c2)cc1OC. The van der Waals surface area contributed by atoms with E-state index in [2.05, 4.69) is 10.3 Å². The van der Waals surface area contributed by atoms with Gasteiger partial charge in [-0.15, -0.1) is 0 Å². The summed E-state index contributed by atoms with van der Waals surface area (Å²) in [5.41, 5.74) is 2.81. The van der Waals surface area contributed by atoms with E-state index < -0.39 is 0 Å². The molecule has 0 aliphatic rings. The fraction of sp³-hybridized carbons (Fsp3) is 0.167. The first-order chi connectivity index (χ1) is 14.7. The molecular weight excluding hydrogens is 380 g/mol. The van der Waals surface area contributed by atoms with Gasteiger partial charge in [-0.25, -0.2) is 4.98 Å². The number of nitrogens with zero attached hydrogens (tertiary/aromatic N) is 1. The summed E-state index contributed by atoms with van der Waals surface area (Å²) in [5, 5.41) is 2.86. The third-order valence-electron chi connectivity index (χ3n) is 4.33. The molecule has 30 heavy (non-hydrogen) atoms. The highest BCUT2D eigenvalue weighted by Gasteiger charge is 2.04. The third-order valence-corrected chi connectivity index (χ3v) is 4.33. The van der Waals surface area contributed by atoms with Crippen molar-refractivity contribution in [2.45, 2.75) is 13.2 Å². The van der Waals surface area contributed by atoms with Crippen LogP contribution in [0.2, 0.25) is 0 Å². The maximum Gasteiger partial charge on any atom is 0.244 e. The molecule has 1 amide bonds. The van der Waals surface area contributed by atoms with Crippen LogP contribution < -0.4 is 19.5 Å². The molecule has 6 heteroatoms. The van der Waals surface area contributed by atoms with Crippen molar-refractivity contribution in [1.29, 1.82) is 0 Å². The summed E-state index contributed by atoms with van der Waals surface area (Å²) in [5.74, 6) is 1.57. The van der Waals surface area contributed by atoms with Crippen molar-refractivity contribution in [2.75, 3.05) is 14.2 Å². The molecule has 1 aromatic heterocycles. The minimum absolute atomic E-state index is 0.201. The van der Waals surface area contributed by atoms with Gasteiger partial charge in [-0.05, 0) is 41.0 Å². The lowest BCUT2D eigenvalue weighted by Gasteiger charge is -2.08. The normalized spacial score (nSPS) is 10.6. The average Bonchev–Trinajstić information content (AvgIpc) is 2.80. The number of carbonyl (C=O) groups excluding carboxylic acids is 1. The fourth-order valence-electron chi connectivity index (χ4n) is 2.75. The number of amides is 1. The van der Waals surface area contributed by atoms with E-state index >= 15 is 0 Å². The van der Waals surface area contributed by atoms with Crippen molar-refractivity contribution in [3.63, 3.8) is 0 Å². The van der Waals surface area contributed by atoms with Gasteiger partial charge in [0, 0.05) is 24.9 Å². The number of nitrogens with one attached hydrogen (secondary N) is 1. The molecule has 0 aliphatic heterocycles. The van der Waals surface area contributed by atoms with E-state index in [1.54, 1.807) is 32.6 Å². The number of benzene rings is 2. The number of hydrogen-bond donors (Lipinski definition) is 1. The van der Waals surface area contributed by atoms with Crippen LogP contribution in [0.1, 0.15) is 16.7 Å². The average molecular weight is 404 g/mol. The highest BCUT2D eigenvalue weighted by Crippen LogP contribution is 2.27. The van der Waals surface area contributed by atoms with Crippen LogP contribution >= 0.6 is 0 Å². The Morgan fingerprint density at radius 3 is 2.53 bits per heavy atom. The lowest BCUT2D eigenvalue weighted by molar-refractivity contribution is -0.116. The first-order valence-corrected chi connectivity index (χ1v) is 9.47. The number of pyridine rings is 1. The van der Waals surface area contributed by atoms with Crippen LogP contribution in [-0.4, -0.2) is 25.1 Å². The summed E-state index contributed by atoms with van der Waals surface area (Å²) >= 11 is 0. The molecule has 154 valence electrons. The van der Waals surface area contributed by atoms with Gasteiger partial charge in [-0.2, -0.15) is 0 Å². The van der Waals surface area contributed by atoms with Crippen LogP contribution in [0.25, 0.3) is 6.08 Å². The summed E-state index contributed by atoms with van der Waals surface area (Å²) in [6.45, 7) is 0.817. The zero-order valence-electron chi connectivity index (χ0n) is 17.0. The summed E-state index contributed by atoms with van der Waals surface area (Å²) < 4.78 is 16.2. The summed E-state index contributed by atoms with van der Waals surface area (Å²) in [4.78, 5) is 16.4. The van der Waals surface area contributed by atoms with Crippen molar-refractivity contribution >= 4 is 12.0 Å². The standard InChI is InChI=1S/C24H24N2O4/c1-28-21-10-8-18(14-22(21)29-2)9-11-23(27)26-16-20-12-13-25-24(15-20)30-17-19-6-4-3-5-7-19/h3-15H,16-17H2,1-2H3,(H,26,27)/b11-9+. The van der Waals surface area contributed by atoms with Gasteiger partial charge in [0.2, 0.25) is 11.8 Å². The van der Waals surface area contributed by atoms with Crippen LogP contribution in [0.3, 0.4) is 0 Å². The largest absolute Gasteiger partial charge is 0.493 e. The molecule has 0 atom stereocenters. The summed E-state index contributed by atoms with van der Waals surface area (Å²) in [6, 6.07) is 19.0. The molecule has 0 bridgehead atoms. The Balaban J connectivity index is 1.52. The number of hydrogen-bond acceptors (Lipinski definition) is 5. The van der Waals surface area contributed by atoms with Crippen molar-refractivity contribution in [2.24, 2.45) is 0 Å². The van der Waals surface area contributed by atoms with Crippen LogP contribution in [0.15, 0.2) is 72.9 Å². The molecule has 0 radical (unpaired) electrons. The molecule has 6 nitrogen and oxygen atoms in total. The maximum absolute atomic E-state index is 12.2. The Labute approximate surface area is 176 Å². The number of aromatic nitrogens is 1. The van der Waals surface area contributed by atoms with Crippen molar-refractivity contribution in [3.8, 4) is 17.4 Å². The maximum atomic E-state index is 12.2. The van der Waals surface area contributed by atoms with Crippen LogP contribution in [0.5, 0.6) is 17.4 Å². The molecule has 0 saturated heterocycles. The topological polar surface area (TPSA) is 69.7 Å². The molecule has 0 unspecified atom stereocenters. The number of rotatable bonds is 9. The van der Waals surface area contributed by atoms with Crippen LogP contribution in [0.4, 0.5) is 0 Å². The second kappa shape index (κ2) is 10.7. The lowest BCUT2D eigenvalue weighted by atomic mass is 10.2. The van der Waals surface area contributed by atoms with Gasteiger partial charge in [0.05, 0.1) is 14.2 Å². The Morgan fingerprint density at radius 2 is 1.77 bits per heavy atom. The Morgan fingerprint density at radius 1 is 0.967 bits per heavy atom. The van der Waals surface area contributed by atoms with E-state index in [-0.39, 0.29) is 5.91 Å². The van der Waals surface area contributed by atoms with Gasteiger partial charge < -0.3 is 19.5 Å². The number of carbonyl (C=O) groups is 1. The molecular formula is C24H24N2O4. The number of methoxy groups -OCH3 is 2. The van der Waals surface area contributed by atoms with Gasteiger partial charge in [-0.3, -0.25) is 4.79 Å².